The number of ether oxygens (including phenoxy) is 1. The normalized spacial score (nSPS) is 10.1. The van der Waals surface area contributed by atoms with E-state index in [2.05, 4.69) is 10.6 Å². The topological polar surface area (TPSA) is 87.7 Å². The number of rotatable bonds is 5. The number of hydrogen-bond donors (Lipinski definition) is 3. The number of carboxylic acids is 1. The van der Waals surface area contributed by atoms with Gasteiger partial charge in [-0.3, -0.25) is 10.1 Å². The smallest absolute Gasteiger partial charge is 0.337 e. The fraction of sp³-hybridized carbons (Fsp3) is 0.118. The third kappa shape index (κ3) is 5.82. The molecular formula is C17H14ClIN2O4S. The maximum absolute atomic E-state index is 11.9. The molecule has 26 heavy (non-hydrogen) atoms. The number of hydrogen-bond acceptors (Lipinski definition) is 4. The molecule has 1 amide bonds. The summed E-state index contributed by atoms with van der Waals surface area (Å²) in [4.78, 5) is 23.2. The molecule has 3 N–H and O–H groups in total. The molecule has 0 saturated carbocycles. The van der Waals surface area contributed by atoms with Crippen molar-refractivity contribution in [3.63, 3.8) is 0 Å². The zero-order chi connectivity index (χ0) is 19.3. The van der Waals surface area contributed by atoms with Gasteiger partial charge in [-0.25, -0.2) is 4.79 Å². The van der Waals surface area contributed by atoms with E-state index in [1.807, 2.05) is 29.5 Å². The van der Waals surface area contributed by atoms with Crippen LogP contribution in [-0.4, -0.2) is 28.7 Å². The van der Waals surface area contributed by atoms with Crippen LogP contribution in [-0.2, 0) is 4.79 Å². The largest absolute Gasteiger partial charge is 0.484 e. The van der Waals surface area contributed by atoms with Gasteiger partial charge >= 0.3 is 5.97 Å². The molecule has 0 radical (unpaired) electrons. The van der Waals surface area contributed by atoms with Gasteiger partial charge in [-0.2, -0.15) is 0 Å². The quantitative estimate of drug-likeness (QED) is 0.424. The number of halogens is 2. The average molecular weight is 505 g/mol. The van der Waals surface area contributed by atoms with Crippen LogP contribution in [0.1, 0.15) is 15.9 Å². The van der Waals surface area contributed by atoms with E-state index in [1.54, 1.807) is 30.3 Å². The molecule has 2 aromatic carbocycles. The Morgan fingerprint density at radius 2 is 2.00 bits per heavy atom. The highest BCUT2D eigenvalue weighted by atomic mass is 127. The molecule has 0 aromatic heterocycles. The predicted octanol–water partition coefficient (Wildman–Crippen LogP) is 3.84. The summed E-state index contributed by atoms with van der Waals surface area (Å²) in [6.45, 7) is 1.58. The van der Waals surface area contributed by atoms with E-state index < -0.39 is 11.9 Å². The summed E-state index contributed by atoms with van der Waals surface area (Å²) in [5.41, 5.74) is 1.18. The van der Waals surface area contributed by atoms with E-state index in [-0.39, 0.29) is 23.0 Å². The highest BCUT2D eigenvalue weighted by Gasteiger charge is 2.13. The molecule has 9 heteroatoms. The number of thiocarbonyl (C=S) groups is 1. The lowest BCUT2D eigenvalue weighted by Gasteiger charge is -2.12. The highest BCUT2D eigenvalue weighted by Crippen LogP contribution is 2.21. The van der Waals surface area contributed by atoms with Crippen molar-refractivity contribution in [2.24, 2.45) is 0 Å². The van der Waals surface area contributed by atoms with Gasteiger partial charge in [0, 0.05) is 8.59 Å². The zero-order valence-corrected chi connectivity index (χ0v) is 17.2. The van der Waals surface area contributed by atoms with Crippen LogP contribution < -0.4 is 15.4 Å². The summed E-state index contributed by atoms with van der Waals surface area (Å²) in [6, 6.07) is 9.87. The Hall–Kier alpha value is -1.91. The Labute approximate surface area is 174 Å². The molecule has 0 saturated heterocycles. The van der Waals surface area contributed by atoms with Crippen LogP contribution >= 0.6 is 46.4 Å². The van der Waals surface area contributed by atoms with Gasteiger partial charge in [0.05, 0.1) is 11.3 Å². The number of aromatic carboxylic acids is 1. The second kappa shape index (κ2) is 9.15. The molecular weight excluding hydrogens is 491 g/mol. The first-order valence-corrected chi connectivity index (χ1v) is 9.15. The first-order chi connectivity index (χ1) is 12.3. The summed E-state index contributed by atoms with van der Waals surface area (Å²) in [5, 5.41) is 15.0. The Morgan fingerprint density at radius 1 is 1.27 bits per heavy atom. The number of aryl methyl sites for hydroxylation is 1. The Morgan fingerprint density at radius 3 is 2.65 bits per heavy atom. The Kier molecular flexibility index (Phi) is 7.18. The average Bonchev–Trinajstić information content (AvgIpc) is 2.57. The standard InChI is InChI=1S/C17H14ClIN2O4S/c1-9-6-11(3-4-13(9)18)25-8-15(22)21-17(26)20-14-5-2-10(19)7-12(14)16(23)24/h2-7H,8H2,1H3,(H,23,24)(H2,20,21,22,26). The summed E-state index contributed by atoms with van der Waals surface area (Å²) < 4.78 is 6.15. The van der Waals surface area contributed by atoms with Crippen LogP contribution in [0, 0.1) is 10.5 Å². The molecule has 0 spiro atoms. The summed E-state index contributed by atoms with van der Waals surface area (Å²) in [7, 11) is 0. The number of anilines is 1. The number of carbonyl (C=O) groups excluding carboxylic acids is 1. The van der Waals surface area contributed by atoms with Crippen LogP contribution in [0.15, 0.2) is 36.4 Å². The van der Waals surface area contributed by atoms with E-state index in [0.29, 0.717) is 10.8 Å². The minimum absolute atomic E-state index is 0.0189. The van der Waals surface area contributed by atoms with E-state index in [9.17, 15) is 14.7 Å². The van der Waals surface area contributed by atoms with Gasteiger partial charge in [-0.1, -0.05) is 11.6 Å². The van der Waals surface area contributed by atoms with E-state index in [0.717, 1.165) is 9.13 Å². The van der Waals surface area contributed by atoms with Gasteiger partial charge in [0.2, 0.25) is 0 Å². The van der Waals surface area contributed by atoms with Crippen molar-refractivity contribution in [3.8, 4) is 5.75 Å². The SMILES string of the molecule is Cc1cc(OCC(=O)NC(=S)Nc2ccc(I)cc2C(=O)O)ccc1Cl. The van der Waals surface area contributed by atoms with Crippen LogP contribution in [0.3, 0.4) is 0 Å². The monoisotopic (exact) mass is 504 g/mol. The second-order valence-electron chi connectivity index (χ2n) is 5.20. The fourth-order valence-electron chi connectivity index (χ4n) is 1.97. The van der Waals surface area contributed by atoms with E-state index >= 15 is 0 Å². The summed E-state index contributed by atoms with van der Waals surface area (Å²) >= 11 is 13.0. The van der Waals surface area contributed by atoms with Gasteiger partial charge < -0.3 is 15.2 Å². The molecule has 0 unspecified atom stereocenters. The number of nitrogens with one attached hydrogen (secondary N) is 2. The molecule has 2 aromatic rings. The number of carbonyl (C=O) groups is 2. The van der Waals surface area contributed by atoms with Crippen LogP contribution in [0.2, 0.25) is 5.02 Å². The number of benzene rings is 2. The Bertz CT molecular complexity index is 876. The van der Waals surface area contributed by atoms with Gasteiger partial charge in [0.1, 0.15) is 5.75 Å². The minimum Gasteiger partial charge on any atom is -0.484 e. The lowest BCUT2D eigenvalue weighted by atomic mass is 10.2. The molecule has 0 aliphatic heterocycles. The third-order valence-corrected chi connectivity index (χ3v) is 4.51. The van der Waals surface area contributed by atoms with Crippen molar-refractivity contribution >= 4 is 69.1 Å². The molecule has 136 valence electrons. The molecule has 0 fully saturated rings. The maximum atomic E-state index is 11.9. The first-order valence-electron chi connectivity index (χ1n) is 7.29. The van der Waals surface area contributed by atoms with Crippen molar-refractivity contribution in [1.29, 1.82) is 0 Å². The van der Waals surface area contributed by atoms with Crippen molar-refractivity contribution < 1.29 is 19.4 Å². The molecule has 2 rings (SSSR count). The van der Waals surface area contributed by atoms with Gasteiger partial charge in [-0.15, -0.1) is 0 Å². The third-order valence-electron chi connectivity index (χ3n) is 3.21. The summed E-state index contributed by atoms with van der Waals surface area (Å²) in [6.07, 6.45) is 0. The maximum Gasteiger partial charge on any atom is 0.337 e. The molecule has 0 aliphatic rings. The molecule has 0 aliphatic carbocycles. The lowest BCUT2D eigenvalue weighted by molar-refractivity contribution is -0.121. The predicted molar refractivity (Wildman–Crippen MR) is 112 cm³/mol. The van der Waals surface area contributed by atoms with Crippen LogP contribution in [0.25, 0.3) is 0 Å². The lowest BCUT2D eigenvalue weighted by Crippen LogP contribution is -2.37. The van der Waals surface area contributed by atoms with Crippen LogP contribution in [0.5, 0.6) is 5.75 Å². The van der Waals surface area contributed by atoms with Crippen molar-refractivity contribution in [3.05, 3.63) is 56.1 Å². The highest BCUT2D eigenvalue weighted by molar-refractivity contribution is 14.1. The van der Waals surface area contributed by atoms with Crippen molar-refractivity contribution in [2.75, 3.05) is 11.9 Å². The van der Waals surface area contributed by atoms with Crippen molar-refractivity contribution in [1.82, 2.24) is 5.32 Å². The fourth-order valence-corrected chi connectivity index (χ4v) is 2.81. The molecule has 0 atom stereocenters. The molecule has 0 heterocycles. The second-order valence-corrected chi connectivity index (χ2v) is 7.26. The van der Waals surface area contributed by atoms with Gasteiger partial charge in [-0.05, 0) is 83.7 Å². The molecule has 6 nitrogen and oxygen atoms in total. The van der Waals surface area contributed by atoms with E-state index in [1.165, 1.54) is 6.07 Å². The minimum atomic E-state index is -1.10. The van der Waals surface area contributed by atoms with Crippen molar-refractivity contribution in [2.45, 2.75) is 6.92 Å². The summed E-state index contributed by atoms with van der Waals surface area (Å²) in [5.74, 6) is -1.06. The van der Waals surface area contributed by atoms with E-state index in [4.69, 9.17) is 28.6 Å². The van der Waals surface area contributed by atoms with Gasteiger partial charge in [0.15, 0.2) is 11.7 Å². The Balaban J connectivity index is 1.92. The number of amides is 1. The number of carboxylic acid groups (broad SMARTS) is 1. The van der Waals surface area contributed by atoms with Gasteiger partial charge in [0.25, 0.3) is 5.91 Å². The van der Waals surface area contributed by atoms with Crippen LogP contribution in [0.4, 0.5) is 5.69 Å². The zero-order valence-electron chi connectivity index (χ0n) is 13.5. The molecule has 0 bridgehead atoms. The first kappa shape index (κ1) is 20.4.